The Bertz CT molecular complexity index is 97.2. The van der Waals surface area contributed by atoms with Gasteiger partial charge < -0.3 is 0 Å². The van der Waals surface area contributed by atoms with Crippen molar-refractivity contribution in [3.05, 3.63) is 0 Å². The maximum Gasteiger partial charge on any atom is 0.00598 e. The Morgan fingerprint density at radius 3 is 1.08 bits per heavy atom. The molecule has 0 aromatic heterocycles. The van der Waals surface area contributed by atoms with Crippen LogP contribution in [0.2, 0.25) is 0 Å². The van der Waals surface area contributed by atoms with E-state index in [1.807, 2.05) is 0 Å². The summed E-state index contributed by atoms with van der Waals surface area (Å²) in [6.45, 7) is 0. The van der Waals surface area contributed by atoms with Crippen molar-refractivity contribution >= 4 is 47.8 Å². The van der Waals surface area contributed by atoms with Gasteiger partial charge in [-0.05, 0) is 37.0 Å². The molecule has 1 fully saturated rings. The fourth-order valence-corrected chi connectivity index (χ4v) is 3.67. The Kier molecular flexibility index (Phi) is 5.78. The molecule has 0 radical (unpaired) electrons. The van der Waals surface area contributed by atoms with Crippen LogP contribution in [0.4, 0.5) is 0 Å². The molecule has 0 bridgehead atoms. The summed E-state index contributed by atoms with van der Waals surface area (Å²) in [6.07, 6.45) is 4.21. The van der Waals surface area contributed by atoms with Gasteiger partial charge in [0.1, 0.15) is 0 Å². The van der Waals surface area contributed by atoms with Gasteiger partial charge in [-0.1, -0.05) is 47.8 Å². The number of hydrogen-bond acceptors (Lipinski definition) is 0. The van der Waals surface area contributed by atoms with Gasteiger partial charge in [0.2, 0.25) is 0 Å². The van der Waals surface area contributed by atoms with Crippen LogP contribution in [0.15, 0.2) is 0 Å². The Morgan fingerprint density at radius 2 is 0.917 bits per heavy atom. The van der Waals surface area contributed by atoms with E-state index in [2.05, 4.69) is 47.8 Å². The molecule has 0 amide bonds. The average Bonchev–Trinajstić information content (AvgIpc) is 2.16. The van der Waals surface area contributed by atoms with E-state index in [0.717, 1.165) is 17.8 Å². The minimum atomic E-state index is 0.906. The minimum Gasteiger partial charge on any atom is -0.0925 e. The maximum absolute atomic E-state index is 3.59. The van der Waals surface area contributed by atoms with Gasteiger partial charge in [0.15, 0.2) is 0 Å². The lowest BCUT2D eigenvalue weighted by molar-refractivity contribution is 0.246. The molecular formula is C9H15Br3. The van der Waals surface area contributed by atoms with Crippen LogP contribution >= 0.6 is 47.8 Å². The first kappa shape index (κ1) is 11.5. The molecule has 1 rings (SSSR count). The second kappa shape index (κ2) is 6.02. The highest BCUT2D eigenvalue weighted by Gasteiger charge is 2.26. The first-order valence-corrected chi connectivity index (χ1v) is 7.84. The molecule has 0 aliphatic heterocycles. The first-order valence-electron chi connectivity index (χ1n) is 4.48. The lowest BCUT2D eigenvalue weighted by Gasteiger charge is -2.32. The van der Waals surface area contributed by atoms with Crippen molar-refractivity contribution in [1.82, 2.24) is 0 Å². The van der Waals surface area contributed by atoms with Gasteiger partial charge in [0, 0.05) is 16.0 Å². The summed E-state index contributed by atoms with van der Waals surface area (Å²) < 4.78 is 0. The SMILES string of the molecule is BrC[C@H]1C[C@@H](CBr)C[C@@H](CBr)C1. The molecule has 0 atom stereocenters. The van der Waals surface area contributed by atoms with E-state index in [0.29, 0.717) is 0 Å². The zero-order valence-corrected chi connectivity index (χ0v) is 11.9. The van der Waals surface area contributed by atoms with Crippen LogP contribution in [0.25, 0.3) is 0 Å². The molecule has 12 heavy (non-hydrogen) atoms. The maximum atomic E-state index is 3.59. The van der Waals surface area contributed by atoms with E-state index in [1.165, 1.54) is 35.3 Å². The summed E-state index contributed by atoms with van der Waals surface area (Å²) in [5, 5.41) is 3.54. The van der Waals surface area contributed by atoms with E-state index < -0.39 is 0 Å². The summed E-state index contributed by atoms with van der Waals surface area (Å²) in [4.78, 5) is 0. The van der Waals surface area contributed by atoms with Crippen LogP contribution in [0.5, 0.6) is 0 Å². The second-order valence-corrected chi connectivity index (χ2v) is 5.71. The zero-order chi connectivity index (χ0) is 8.97. The van der Waals surface area contributed by atoms with Crippen LogP contribution in [-0.2, 0) is 0 Å². The van der Waals surface area contributed by atoms with Crippen molar-refractivity contribution in [2.45, 2.75) is 19.3 Å². The first-order chi connectivity index (χ1) is 5.80. The summed E-state index contributed by atoms with van der Waals surface area (Å²) in [6, 6.07) is 0. The smallest absolute Gasteiger partial charge is 0.00598 e. The predicted molar refractivity (Wildman–Crippen MR) is 65.7 cm³/mol. The van der Waals surface area contributed by atoms with Gasteiger partial charge in [-0.25, -0.2) is 0 Å². The van der Waals surface area contributed by atoms with E-state index in [9.17, 15) is 0 Å². The molecule has 0 spiro atoms. The van der Waals surface area contributed by atoms with Crippen molar-refractivity contribution in [3.8, 4) is 0 Å². The van der Waals surface area contributed by atoms with Gasteiger partial charge in [-0.15, -0.1) is 0 Å². The quantitative estimate of drug-likeness (QED) is 0.660. The number of rotatable bonds is 3. The molecule has 0 aromatic carbocycles. The number of alkyl halides is 3. The molecular weight excluding hydrogens is 348 g/mol. The normalized spacial score (nSPS) is 36.8. The molecule has 3 heteroatoms. The average molecular weight is 363 g/mol. The molecule has 1 aliphatic rings. The molecule has 72 valence electrons. The highest BCUT2D eigenvalue weighted by Crippen LogP contribution is 2.35. The number of halogens is 3. The van der Waals surface area contributed by atoms with Crippen LogP contribution in [-0.4, -0.2) is 16.0 Å². The van der Waals surface area contributed by atoms with Gasteiger partial charge >= 0.3 is 0 Å². The largest absolute Gasteiger partial charge is 0.0925 e. The Hall–Kier alpha value is 1.44. The van der Waals surface area contributed by atoms with E-state index >= 15 is 0 Å². The van der Waals surface area contributed by atoms with Crippen molar-refractivity contribution in [1.29, 1.82) is 0 Å². The highest BCUT2D eigenvalue weighted by atomic mass is 79.9. The monoisotopic (exact) mass is 360 g/mol. The molecule has 1 aliphatic carbocycles. The lowest BCUT2D eigenvalue weighted by Crippen LogP contribution is -2.25. The van der Waals surface area contributed by atoms with Crippen LogP contribution < -0.4 is 0 Å². The Labute approximate surface area is 100 Å². The zero-order valence-electron chi connectivity index (χ0n) is 7.11. The van der Waals surface area contributed by atoms with E-state index in [4.69, 9.17) is 0 Å². The summed E-state index contributed by atoms with van der Waals surface area (Å²) in [7, 11) is 0. The van der Waals surface area contributed by atoms with Crippen LogP contribution in [0.1, 0.15) is 19.3 Å². The standard InChI is InChI=1S/C9H15Br3/c10-4-7-1-8(5-11)3-9(2-7)6-12/h7-9H,1-6H2/t7-,8+,9-. The molecule has 0 aromatic rings. The Balaban J connectivity index is 2.41. The molecule has 0 nitrogen and oxygen atoms in total. The fraction of sp³-hybridized carbons (Fsp3) is 1.00. The van der Waals surface area contributed by atoms with E-state index in [1.54, 1.807) is 0 Å². The minimum absolute atomic E-state index is 0.906. The number of hydrogen-bond donors (Lipinski definition) is 0. The lowest BCUT2D eigenvalue weighted by atomic mass is 9.77. The van der Waals surface area contributed by atoms with Crippen molar-refractivity contribution in [2.75, 3.05) is 16.0 Å². The molecule has 0 N–H and O–H groups in total. The van der Waals surface area contributed by atoms with Gasteiger partial charge in [0.25, 0.3) is 0 Å². The fourth-order valence-electron chi connectivity index (χ4n) is 2.08. The third-order valence-corrected chi connectivity index (χ3v) is 5.40. The highest BCUT2D eigenvalue weighted by molar-refractivity contribution is 9.09. The van der Waals surface area contributed by atoms with Gasteiger partial charge in [0.05, 0.1) is 0 Å². The van der Waals surface area contributed by atoms with Gasteiger partial charge in [-0.2, -0.15) is 0 Å². The Morgan fingerprint density at radius 1 is 0.667 bits per heavy atom. The summed E-state index contributed by atoms with van der Waals surface area (Å²) in [5.74, 6) is 2.72. The van der Waals surface area contributed by atoms with Crippen molar-refractivity contribution < 1.29 is 0 Å². The molecule has 0 unspecified atom stereocenters. The van der Waals surface area contributed by atoms with Crippen LogP contribution in [0, 0.1) is 17.8 Å². The topological polar surface area (TPSA) is 0 Å². The van der Waals surface area contributed by atoms with Crippen molar-refractivity contribution in [2.24, 2.45) is 17.8 Å². The third-order valence-electron chi connectivity index (χ3n) is 2.65. The molecule has 0 saturated heterocycles. The molecule has 1 saturated carbocycles. The predicted octanol–water partition coefficient (Wildman–Crippen LogP) is 4.20. The molecule has 0 heterocycles. The van der Waals surface area contributed by atoms with Gasteiger partial charge in [-0.3, -0.25) is 0 Å². The summed E-state index contributed by atoms with van der Waals surface area (Å²) in [5.41, 5.74) is 0. The van der Waals surface area contributed by atoms with Crippen molar-refractivity contribution in [3.63, 3.8) is 0 Å². The van der Waals surface area contributed by atoms with Crippen LogP contribution in [0.3, 0.4) is 0 Å². The second-order valence-electron chi connectivity index (χ2n) is 3.77. The third kappa shape index (κ3) is 3.30. The summed E-state index contributed by atoms with van der Waals surface area (Å²) >= 11 is 10.8. The van der Waals surface area contributed by atoms with E-state index in [-0.39, 0.29) is 0 Å².